The number of alkyl carbamates (subject to hydrolysis) is 1. The summed E-state index contributed by atoms with van der Waals surface area (Å²) in [6.07, 6.45) is 4.03. The summed E-state index contributed by atoms with van der Waals surface area (Å²) in [5, 5.41) is 21.9. The first-order chi connectivity index (χ1) is 20.4. The van der Waals surface area contributed by atoms with E-state index in [0.29, 0.717) is 12.8 Å². The van der Waals surface area contributed by atoms with Crippen LogP contribution in [0.15, 0.2) is 30.3 Å². The lowest BCUT2D eigenvalue weighted by atomic mass is 9.83. The fraction of sp³-hybridized carbons (Fsp3) is 0.656. The highest BCUT2D eigenvalue weighted by Gasteiger charge is 2.34. The Hall–Kier alpha value is -3.47. The van der Waals surface area contributed by atoms with E-state index in [-0.39, 0.29) is 49.8 Å². The van der Waals surface area contributed by atoms with E-state index in [1.54, 1.807) is 20.8 Å². The summed E-state index contributed by atoms with van der Waals surface area (Å²) in [7, 11) is 0. The number of ketones is 1. The maximum atomic E-state index is 13.7. The van der Waals surface area contributed by atoms with Crippen LogP contribution in [0.5, 0.6) is 0 Å². The molecule has 1 saturated carbocycles. The molecular formula is C32H48N4O7. The highest BCUT2D eigenvalue weighted by Crippen LogP contribution is 2.28. The molecular weight excluding hydrogens is 552 g/mol. The number of rotatable bonds is 7. The topological polar surface area (TPSA) is 163 Å². The van der Waals surface area contributed by atoms with Crippen molar-refractivity contribution >= 4 is 29.6 Å². The van der Waals surface area contributed by atoms with Crippen molar-refractivity contribution in [3.63, 3.8) is 0 Å². The number of aliphatic hydroxyl groups excluding tert-OH is 1. The Balaban J connectivity index is 1.82. The van der Waals surface area contributed by atoms with Crippen molar-refractivity contribution in [3.05, 3.63) is 35.9 Å². The van der Waals surface area contributed by atoms with Crippen molar-refractivity contribution in [2.45, 2.75) is 121 Å². The minimum absolute atomic E-state index is 0.00586. The monoisotopic (exact) mass is 600 g/mol. The molecule has 1 aromatic rings. The lowest BCUT2D eigenvalue weighted by Crippen LogP contribution is -2.57. The third-order valence-corrected chi connectivity index (χ3v) is 7.86. The molecule has 0 radical (unpaired) electrons. The van der Waals surface area contributed by atoms with Crippen molar-refractivity contribution < 1.29 is 33.8 Å². The molecule has 1 heterocycles. The van der Waals surface area contributed by atoms with Crippen LogP contribution in [0.4, 0.5) is 4.79 Å². The number of benzene rings is 1. The number of aliphatic hydroxyl groups is 1. The van der Waals surface area contributed by atoms with Gasteiger partial charge in [0.1, 0.15) is 23.8 Å². The van der Waals surface area contributed by atoms with Gasteiger partial charge in [-0.3, -0.25) is 19.2 Å². The summed E-state index contributed by atoms with van der Waals surface area (Å²) in [6.45, 7) is 5.40. The molecule has 11 heteroatoms. The van der Waals surface area contributed by atoms with Crippen LogP contribution in [0, 0.1) is 5.92 Å². The Bertz CT molecular complexity index is 1100. The molecule has 238 valence electrons. The van der Waals surface area contributed by atoms with E-state index >= 15 is 0 Å². The molecule has 11 nitrogen and oxygen atoms in total. The second-order valence-corrected chi connectivity index (χ2v) is 12.7. The Labute approximate surface area is 254 Å². The summed E-state index contributed by atoms with van der Waals surface area (Å²) in [5.41, 5.74) is -0.00479. The van der Waals surface area contributed by atoms with Gasteiger partial charge in [0.15, 0.2) is 5.78 Å². The van der Waals surface area contributed by atoms with Gasteiger partial charge in [0.25, 0.3) is 0 Å². The summed E-state index contributed by atoms with van der Waals surface area (Å²) < 4.78 is 5.37. The number of nitrogens with one attached hydrogen (secondary N) is 4. The van der Waals surface area contributed by atoms with E-state index in [0.717, 1.165) is 37.7 Å². The van der Waals surface area contributed by atoms with Crippen LogP contribution in [-0.2, 0) is 30.3 Å². The summed E-state index contributed by atoms with van der Waals surface area (Å²) in [6, 6.07) is 6.08. The smallest absolute Gasteiger partial charge is 0.408 e. The largest absolute Gasteiger partial charge is 0.444 e. The lowest BCUT2D eigenvalue weighted by Gasteiger charge is -2.31. The van der Waals surface area contributed by atoms with Gasteiger partial charge in [-0.1, -0.05) is 62.4 Å². The van der Waals surface area contributed by atoms with E-state index < -0.39 is 47.7 Å². The zero-order valence-corrected chi connectivity index (χ0v) is 25.7. The van der Waals surface area contributed by atoms with Gasteiger partial charge < -0.3 is 31.1 Å². The number of carbonyl (C=O) groups is 5. The predicted octanol–water partition coefficient (Wildman–Crippen LogP) is 2.68. The van der Waals surface area contributed by atoms with Crippen molar-refractivity contribution in [1.29, 1.82) is 0 Å². The van der Waals surface area contributed by atoms with Crippen LogP contribution in [0.3, 0.4) is 0 Å². The van der Waals surface area contributed by atoms with Crippen LogP contribution in [0.1, 0.15) is 90.5 Å². The van der Waals surface area contributed by atoms with Gasteiger partial charge in [-0.05, 0) is 51.5 Å². The highest BCUT2D eigenvalue weighted by atomic mass is 16.6. The van der Waals surface area contributed by atoms with Gasteiger partial charge in [-0.15, -0.1) is 0 Å². The first-order valence-electron chi connectivity index (χ1n) is 15.5. The first-order valence-corrected chi connectivity index (χ1v) is 15.5. The second-order valence-electron chi connectivity index (χ2n) is 12.7. The van der Waals surface area contributed by atoms with Gasteiger partial charge in [0.05, 0.1) is 6.04 Å². The molecule has 0 bridgehead atoms. The minimum atomic E-state index is -1.39. The molecule has 4 amide bonds. The fourth-order valence-electron chi connectivity index (χ4n) is 5.61. The molecule has 1 saturated heterocycles. The van der Waals surface area contributed by atoms with Gasteiger partial charge in [0, 0.05) is 25.8 Å². The normalized spacial score (nSPS) is 23.8. The average molecular weight is 601 g/mol. The first kappa shape index (κ1) is 34.0. The van der Waals surface area contributed by atoms with Gasteiger partial charge in [0.2, 0.25) is 17.7 Å². The van der Waals surface area contributed by atoms with Gasteiger partial charge in [-0.25, -0.2) is 4.79 Å². The van der Waals surface area contributed by atoms with E-state index in [4.69, 9.17) is 4.74 Å². The Morgan fingerprint density at radius 3 is 2.37 bits per heavy atom. The Morgan fingerprint density at radius 2 is 1.70 bits per heavy atom. The van der Waals surface area contributed by atoms with Crippen molar-refractivity contribution in [3.8, 4) is 0 Å². The second kappa shape index (κ2) is 16.4. The van der Waals surface area contributed by atoms with E-state index in [1.807, 2.05) is 30.3 Å². The molecule has 0 aromatic heterocycles. The average Bonchev–Trinajstić information content (AvgIpc) is 2.96. The van der Waals surface area contributed by atoms with Crippen molar-refractivity contribution in [2.75, 3.05) is 6.54 Å². The number of carbonyl (C=O) groups excluding carboxylic acids is 5. The van der Waals surface area contributed by atoms with E-state index in [1.165, 1.54) is 0 Å². The molecule has 3 rings (SSSR count). The van der Waals surface area contributed by atoms with Crippen LogP contribution in [0.2, 0.25) is 0 Å². The predicted molar refractivity (Wildman–Crippen MR) is 161 cm³/mol. The molecule has 5 N–H and O–H groups in total. The SMILES string of the molecule is CC(C)(C)OC(=O)N[C@@H](Cc1ccccc1)C(=O)N[C@H]1CCC(=O)NCCCC(=O)[C@H](O)[C@H](CC2CCCCC2)NC1=O. The lowest BCUT2D eigenvalue weighted by molar-refractivity contribution is -0.133. The Kier molecular flexibility index (Phi) is 13.0. The van der Waals surface area contributed by atoms with Gasteiger partial charge >= 0.3 is 6.09 Å². The number of Topliss-reactive ketones (excluding diaryl/α,β-unsaturated/α-hetero) is 1. The quantitative estimate of drug-likeness (QED) is 0.321. The minimum Gasteiger partial charge on any atom is -0.444 e. The number of hydrogen-bond donors (Lipinski definition) is 5. The van der Waals surface area contributed by atoms with Crippen LogP contribution < -0.4 is 21.3 Å². The third-order valence-electron chi connectivity index (χ3n) is 7.86. The summed E-state index contributed by atoms with van der Waals surface area (Å²) in [5.74, 6) is -1.66. The molecule has 1 aliphatic heterocycles. The Morgan fingerprint density at radius 1 is 1.00 bits per heavy atom. The van der Waals surface area contributed by atoms with Crippen molar-refractivity contribution in [2.24, 2.45) is 5.92 Å². The zero-order chi connectivity index (χ0) is 31.4. The molecule has 1 aromatic carbocycles. The molecule has 2 aliphatic rings. The van der Waals surface area contributed by atoms with E-state index in [9.17, 15) is 29.1 Å². The van der Waals surface area contributed by atoms with Crippen LogP contribution in [0.25, 0.3) is 0 Å². The number of hydrogen-bond acceptors (Lipinski definition) is 7. The molecule has 2 fully saturated rings. The maximum absolute atomic E-state index is 13.7. The van der Waals surface area contributed by atoms with Crippen LogP contribution in [-0.4, -0.2) is 71.1 Å². The fourth-order valence-corrected chi connectivity index (χ4v) is 5.61. The number of amides is 4. The molecule has 43 heavy (non-hydrogen) atoms. The highest BCUT2D eigenvalue weighted by molar-refractivity contribution is 5.92. The summed E-state index contributed by atoms with van der Waals surface area (Å²) >= 11 is 0. The standard InChI is InChI=1S/C32H48N4O7/c1-32(2,3)43-31(42)36-25(20-22-13-8-5-9-14-22)30(41)34-23-16-17-27(38)33-18-10-15-26(37)28(39)24(35-29(23)40)19-21-11-6-4-7-12-21/h5,8-9,13-14,21,23-25,28,39H,4,6-7,10-12,15-20H2,1-3H3,(H,33,38)(H,34,41)(H,35,40)(H,36,42)/t23-,24-,25-,28+/m0/s1. The molecule has 0 unspecified atom stereocenters. The van der Waals surface area contributed by atoms with E-state index in [2.05, 4.69) is 21.3 Å². The maximum Gasteiger partial charge on any atom is 0.408 e. The zero-order valence-electron chi connectivity index (χ0n) is 25.7. The van der Waals surface area contributed by atoms with Crippen LogP contribution >= 0.6 is 0 Å². The molecule has 1 aliphatic carbocycles. The van der Waals surface area contributed by atoms with Crippen molar-refractivity contribution in [1.82, 2.24) is 21.3 Å². The number of ether oxygens (including phenoxy) is 1. The summed E-state index contributed by atoms with van der Waals surface area (Å²) in [4.78, 5) is 65.3. The molecule has 0 spiro atoms. The van der Waals surface area contributed by atoms with Gasteiger partial charge in [-0.2, -0.15) is 0 Å². The third kappa shape index (κ3) is 12.0. The molecule has 4 atom stereocenters.